The minimum Gasteiger partial charge on any atom is -0.265 e. The first kappa shape index (κ1) is 15.0. The van der Waals surface area contributed by atoms with E-state index in [-0.39, 0.29) is 0 Å². The molecular formula is C19H20N2S. The summed E-state index contributed by atoms with van der Waals surface area (Å²) in [7, 11) is 0. The van der Waals surface area contributed by atoms with Crippen LogP contribution in [0.3, 0.4) is 0 Å². The van der Waals surface area contributed by atoms with Gasteiger partial charge < -0.3 is 0 Å². The highest BCUT2D eigenvalue weighted by molar-refractivity contribution is 8.00. The Labute approximate surface area is 136 Å². The number of benzene rings is 2. The molecule has 2 nitrogen and oxygen atoms in total. The summed E-state index contributed by atoms with van der Waals surface area (Å²) in [5, 5.41) is 0.339. The van der Waals surface area contributed by atoms with Crippen LogP contribution in [0.25, 0.3) is 0 Å². The first-order valence-corrected chi connectivity index (χ1v) is 8.58. The van der Waals surface area contributed by atoms with Gasteiger partial charge in [-0.15, -0.1) is 11.8 Å². The van der Waals surface area contributed by atoms with Crippen molar-refractivity contribution < 1.29 is 0 Å². The molecule has 0 fully saturated rings. The number of aliphatic imine (C=N–C) groups is 2. The normalized spacial score (nSPS) is 15.4. The molecule has 3 rings (SSSR count). The molecule has 3 heteroatoms. The molecule has 0 amide bonds. The second-order valence-corrected chi connectivity index (χ2v) is 6.59. The van der Waals surface area contributed by atoms with Crippen molar-refractivity contribution in [2.24, 2.45) is 9.98 Å². The van der Waals surface area contributed by atoms with Gasteiger partial charge in [0.1, 0.15) is 5.84 Å². The Morgan fingerprint density at radius 2 is 1.73 bits per heavy atom. The molecule has 1 heterocycles. The molecule has 0 aromatic heterocycles. The average molecular weight is 308 g/mol. The van der Waals surface area contributed by atoms with Gasteiger partial charge in [0, 0.05) is 5.75 Å². The standard InChI is InChI=1S/C19H20N2S/c1-14-8-6-7-11-18(14)19(16-9-4-3-5-10-16)22-13-17-12-20-15(2)21-17/h3-11,19H,12-13H2,1-2H3. The van der Waals surface area contributed by atoms with Crippen LogP contribution >= 0.6 is 11.8 Å². The number of rotatable bonds is 5. The van der Waals surface area contributed by atoms with E-state index in [1.807, 2.05) is 18.7 Å². The molecule has 2 aromatic rings. The van der Waals surface area contributed by atoms with Gasteiger partial charge in [0.15, 0.2) is 0 Å². The van der Waals surface area contributed by atoms with Crippen LogP contribution in [0.2, 0.25) is 0 Å². The highest BCUT2D eigenvalue weighted by atomic mass is 32.2. The van der Waals surface area contributed by atoms with Crippen molar-refractivity contribution in [2.75, 3.05) is 12.3 Å². The number of amidine groups is 1. The zero-order valence-corrected chi connectivity index (χ0v) is 13.8. The molecule has 1 aliphatic heterocycles. The van der Waals surface area contributed by atoms with E-state index in [0.717, 1.165) is 18.1 Å². The third-order valence-electron chi connectivity index (χ3n) is 3.80. The molecule has 0 aliphatic carbocycles. The summed E-state index contributed by atoms with van der Waals surface area (Å²) in [6, 6.07) is 19.4. The predicted octanol–water partition coefficient (Wildman–Crippen LogP) is 4.69. The lowest BCUT2D eigenvalue weighted by Gasteiger charge is -2.19. The summed E-state index contributed by atoms with van der Waals surface area (Å²) in [5.74, 6) is 1.83. The van der Waals surface area contributed by atoms with Gasteiger partial charge in [0.25, 0.3) is 0 Å². The van der Waals surface area contributed by atoms with Crippen molar-refractivity contribution in [3.05, 3.63) is 71.3 Å². The Bertz CT molecular complexity index is 704. The quantitative estimate of drug-likeness (QED) is 0.786. The van der Waals surface area contributed by atoms with Gasteiger partial charge in [0.2, 0.25) is 0 Å². The molecule has 1 unspecified atom stereocenters. The molecule has 0 N–H and O–H groups in total. The van der Waals surface area contributed by atoms with E-state index in [2.05, 4.69) is 71.5 Å². The number of thioether (sulfide) groups is 1. The van der Waals surface area contributed by atoms with E-state index >= 15 is 0 Å². The third-order valence-corrected chi connectivity index (χ3v) is 5.16. The smallest absolute Gasteiger partial charge is 0.120 e. The van der Waals surface area contributed by atoms with Crippen molar-refractivity contribution >= 4 is 23.3 Å². The second kappa shape index (κ2) is 6.93. The van der Waals surface area contributed by atoms with Crippen molar-refractivity contribution in [2.45, 2.75) is 19.1 Å². The number of aryl methyl sites for hydroxylation is 1. The maximum absolute atomic E-state index is 4.52. The van der Waals surface area contributed by atoms with Gasteiger partial charge in [-0.3, -0.25) is 4.99 Å². The summed E-state index contributed by atoms with van der Waals surface area (Å²) in [4.78, 5) is 8.87. The minimum atomic E-state index is 0.339. The van der Waals surface area contributed by atoms with Crippen LogP contribution in [0.15, 0.2) is 64.6 Å². The van der Waals surface area contributed by atoms with Gasteiger partial charge in [-0.1, -0.05) is 54.6 Å². The SMILES string of the molecule is CC1=NCC(CSC(c2ccccc2)c2ccccc2C)=N1. The Hall–Kier alpha value is -1.87. The van der Waals surface area contributed by atoms with E-state index in [1.165, 1.54) is 22.4 Å². The largest absolute Gasteiger partial charge is 0.265 e. The summed E-state index contributed by atoms with van der Waals surface area (Å²) in [5.41, 5.74) is 5.25. The second-order valence-electron chi connectivity index (χ2n) is 5.50. The number of hydrogen-bond donors (Lipinski definition) is 0. The average Bonchev–Trinajstić information content (AvgIpc) is 2.96. The molecule has 2 aromatic carbocycles. The van der Waals surface area contributed by atoms with Crippen LogP contribution < -0.4 is 0 Å². The molecule has 0 bridgehead atoms. The summed E-state index contributed by atoms with van der Waals surface area (Å²) in [6.45, 7) is 4.91. The number of nitrogens with zero attached hydrogens (tertiary/aromatic N) is 2. The van der Waals surface area contributed by atoms with Crippen molar-refractivity contribution in [3.63, 3.8) is 0 Å². The molecule has 22 heavy (non-hydrogen) atoms. The fourth-order valence-electron chi connectivity index (χ4n) is 2.64. The predicted molar refractivity (Wildman–Crippen MR) is 97.3 cm³/mol. The van der Waals surface area contributed by atoms with Crippen LogP contribution in [-0.2, 0) is 0 Å². The van der Waals surface area contributed by atoms with Gasteiger partial charge >= 0.3 is 0 Å². The number of hydrogen-bond acceptors (Lipinski definition) is 3. The van der Waals surface area contributed by atoms with Gasteiger partial charge in [-0.2, -0.15) is 0 Å². The zero-order chi connectivity index (χ0) is 15.4. The van der Waals surface area contributed by atoms with Crippen molar-refractivity contribution in [1.82, 2.24) is 0 Å². The highest BCUT2D eigenvalue weighted by Crippen LogP contribution is 2.37. The minimum absolute atomic E-state index is 0.339. The van der Waals surface area contributed by atoms with Gasteiger partial charge in [-0.05, 0) is 30.5 Å². The zero-order valence-electron chi connectivity index (χ0n) is 13.0. The highest BCUT2D eigenvalue weighted by Gasteiger charge is 2.18. The first-order chi connectivity index (χ1) is 10.7. The van der Waals surface area contributed by atoms with E-state index in [4.69, 9.17) is 0 Å². The Balaban J connectivity index is 1.84. The van der Waals surface area contributed by atoms with Crippen molar-refractivity contribution in [1.29, 1.82) is 0 Å². The molecule has 0 radical (unpaired) electrons. The Morgan fingerprint density at radius 3 is 2.41 bits per heavy atom. The van der Waals surface area contributed by atoms with E-state index in [0.29, 0.717) is 5.25 Å². The van der Waals surface area contributed by atoms with Crippen LogP contribution in [0.4, 0.5) is 0 Å². The van der Waals surface area contributed by atoms with Crippen LogP contribution in [-0.4, -0.2) is 23.8 Å². The Morgan fingerprint density at radius 1 is 1.00 bits per heavy atom. The summed E-state index contributed by atoms with van der Waals surface area (Å²) >= 11 is 1.94. The molecule has 1 atom stereocenters. The maximum Gasteiger partial charge on any atom is 0.120 e. The first-order valence-electron chi connectivity index (χ1n) is 7.53. The summed E-state index contributed by atoms with van der Waals surface area (Å²) in [6.07, 6.45) is 0. The molecule has 0 spiro atoms. The molecule has 0 saturated carbocycles. The summed E-state index contributed by atoms with van der Waals surface area (Å²) < 4.78 is 0. The van der Waals surface area contributed by atoms with Gasteiger partial charge in [0.05, 0.1) is 17.5 Å². The van der Waals surface area contributed by atoms with Crippen LogP contribution in [0.1, 0.15) is 28.9 Å². The van der Waals surface area contributed by atoms with Crippen LogP contribution in [0.5, 0.6) is 0 Å². The monoisotopic (exact) mass is 308 g/mol. The van der Waals surface area contributed by atoms with E-state index in [9.17, 15) is 0 Å². The molecular weight excluding hydrogens is 288 g/mol. The lowest BCUT2D eigenvalue weighted by Crippen LogP contribution is -2.07. The molecule has 112 valence electrons. The third kappa shape index (κ3) is 3.47. The lowest BCUT2D eigenvalue weighted by atomic mass is 10.0. The van der Waals surface area contributed by atoms with Crippen molar-refractivity contribution in [3.8, 4) is 0 Å². The van der Waals surface area contributed by atoms with Gasteiger partial charge in [-0.25, -0.2) is 4.99 Å². The molecule has 1 aliphatic rings. The fraction of sp³-hybridized carbons (Fsp3) is 0.263. The lowest BCUT2D eigenvalue weighted by molar-refractivity contribution is 1.12. The Kier molecular flexibility index (Phi) is 4.74. The molecule has 0 saturated heterocycles. The van der Waals surface area contributed by atoms with E-state index < -0.39 is 0 Å². The fourth-order valence-corrected chi connectivity index (χ4v) is 3.95. The van der Waals surface area contributed by atoms with Crippen LogP contribution in [0, 0.1) is 6.92 Å². The maximum atomic E-state index is 4.52. The topological polar surface area (TPSA) is 24.7 Å². The van der Waals surface area contributed by atoms with E-state index in [1.54, 1.807) is 0 Å².